The molecule has 84 valence electrons. The van der Waals surface area contributed by atoms with Crippen molar-refractivity contribution in [3.8, 4) is 0 Å². The second-order valence-electron chi connectivity index (χ2n) is 4.30. The predicted molar refractivity (Wildman–Crippen MR) is 62.0 cm³/mol. The highest BCUT2D eigenvalue weighted by Gasteiger charge is 2.26. The molecule has 2 rings (SSSR count). The Kier molecular flexibility index (Phi) is 3.38. The Morgan fingerprint density at radius 3 is 2.93 bits per heavy atom. The lowest BCUT2D eigenvalue weighted by atomic mass is 10.2. The van der Waals surface area contributed by atoms with Gasteiger partial charge in [0, 0.05) is 17.1 Å². The van der Waals surface area contributed by atoms with Crippen LogP contribution in [0.2, 0.25) is 0 Å². The summed E-state index contributed by atoms with van der Waals surface area (Å²) in [6.07, 6.45) is 4.87. The second kappa shape index (κ2) is 4.60. The van der Waals surface area contributed by atoms with Gasteiger partial charge >= 0.3 is 0 Å². The van der Waals surface area contributed by atoms with Gasteiger partial charge in [-0.25, -0.2) is 4.98 Å². The van der Waals surface area contributed by atoms with Gasteiger partial charge < -0.3 is 10.4 Å². The van der Waals surface area contributed by atoms with Crippen molar-refractivity contribution >= 4 is 11.3 Å². The number of thiazole rings is 1. The highest BCUT2D eigenvalue weighted by Crippen LogP contribution is 2.24. The average molecular weight is 226 g/mol. The van der Waals surface area contributed by atoms with Crippen molar-refractivity contribution in [3.05, 3.63) is 16.1 Å². The summed E-state index contributed by atoms with van der Waals surface area (Å²) in [5.41, 5.74) is 0. The molecule has 15 heavy (non-hydrogen) atoms. The molecule has 3 nitrogen and oxygen atoms in total. The monoisotopic (exact) mass is 226 g/mol. The molecule has 0 amide bonds. The van der Waals surface area contributed by atoms with E-state index in [0.29, 0.717) is 0 Å². The summed E-state index contributed by atoms with van der Waals surface area (Å²) in [5.74, 6) is 0. The maximum Gasteiger partial charge on any atom is 0.109 e. The van der Waals surface area contributed by atoms with E-state index >= 15 is 0 Å². The van der Waals surface area contributed by atoms with Crippen molar-refractivity contribution in [3.63, 3.8) is 0 Å². The summed E-state index contributed by atoms with van der Waals surface area (Å²) in [6, 6.07) is 0.505. The Morgan fingerprint density at radius 1 is 1.60 bits per heavy atom. The molecular formula is C11H18N2OS. The number of hydrogen-bond donors (Lipinski definition) is 2. The summed E-state index contributed by atoms with van der Waals surface area (Å²) in [5, 5.41) is 14.3. The number of nitrogens with zero attached hydrogens (tertiary/aromatic N) is 1. The van der Waals surface area contributed by atoms with Gasteiger partial charge in [0.2, 0.25) is 0 Å². The lowest BCUT2D eigenvalue weighted by Crippen LogP contribution is -2.37. The molecule has 3 atom stereocenters. The van der Waals surface area contributed by atoms with Gasteiger partial charge in [-0.1, -0.05) is 0 Å². The summed E-state index contributed by atoms with van der Waals surface area (Å²) in [4.78, 5) is 5.60. The van der Waals surface area contributed by atoms with Crippen molar-refractivity contribution in [2.24, 2.45) is 0 Å². The largest absolute Gasteiger partial charge is 0.392 e. The third kappa shape index (κ3) is 2.56. The fourth-order valence-corrected chi connectivity index (χ4v) is 2.89. The Bertz CT molecular complexity index is 326. The van der Waals surface area contributed by atoms with Crippen LogP contribution in [0.5, 0.6) is 0 Å². The zero-order valence-electron chi connectivity index (χ0n) is 9.23. The first-order valence-corrected chi connectivity index (χ1v) is 6.35. The zero-order chi connectivity index (χ0) is 10.8. The number of aliphatic hydroxyl groups excluding tert-OH is 1. The van der Waals surface area contributed by atoms with Gasteiger partial charge in [0.25, 0.3) is 0 Å². The molecule has 1 heterocycles. The third-order valence-electron chi connectivity index (χ3n) is 2.95. The molecule has 1 unspecified atom stereocenters. The Balaban J connectivity index is 1.94. The van der Waals surface area contributed by atoms with Gasteiger partial charge in [-0.3, -0.25) is 0 Å². The Labute approximate surface area is 94.5 Å². The second-order valence-corrected chi connectivity index (χ2v) is 5.57. The van der Waals surface area contributed by atoms with Crippen LogP contribution in [0, 0.1) is 6.92 Å². The number of aromatic nitrogens is 1. The van der Waals surface area contributed by atoms with E-state index in [-0.39, 0.29) is 18.2 Å². The van der Waals surface area contributed by atoms with Crippen LogP contribution >= 0.6 is 11.3 Å². The van der Waals surface area contributed by atoms with Crippen molar-refractivity contribution in [2.75, 3.05) is 0 Å². The molecule has 0 bridgehead atoms. The molecule has 2 N–H and O–H groups in total. The normalized spacial score (nSPS) is 28.2. The number of hydrogen-bond acceptors (Lipinski definition) is 4. The van der Waals surface area contributed by atoms with Gasteiger partial charge in [-0.2, -0.15) is 0 Å². The first-order valence-electron chi connectivity index (χ1n) is 5.53. The van der Waals surface area contributed by atoms with Gasteiger partial charge in [0.05, 0.1) is 12.1 Å². The van der Waals surface area contributed by atoms with Crippen LogP contribution in [0.3, 0.4) is 0 Å². The van der Waals surface area contributed by atoms with Crippen molar-refractivity contribution in [2.45, 2.75) is 51.3 Å². The van der Waals surface area contributed by atoms with Crippen molar-refractivity contribution in [1.82, 2.24) is 10.3 Å². The lowest BCUT2D eigenvalue weighted by molar-refractivity contribution is 0.144. The Morgan fingerprint density at radius 2 is 2.40 bits per heavy atom. The van der Waals surface area contributed by atoms with Crippen molar-refractivity contribution < 1.29 is 5.11 Å². The molecule has 1 saturated carbocycles. The van der Waals surface area contributed by atoms with Gasteiger partial charge in [-0.15, -0.1) is 11.3 Å². The van der Waals surface area contributed by atoms with Crippen LogP contribution in [0.4, 0.5) is 0 Å². The molecular weight excluding hydrogens is 208 g/mol. The third-order valence-corrected chi connectivity index (χ3v) is 4.05. The number of rotatable bonds is 3. The molecule has 1 aromatic heterocycles. The fourth-order valence-electron chi connectivity index (χ4n) is 2.10. The summed E-state index contributed by atoms with van der Waals surface area (Å²) in [7, 11) is 0. The first-order chi connectivity index (χ1) is 7.16. The number of aliphatic hydroxyl groups is 1. The SMILES string of the molecule is Cc1cnc(C(C)N[C@@H]2CCC[C@H]2O)s1. The molecule has 1 aromatic rings. The highest BCUT2D eigenvalue weighted by molar-refractivity contribution is 7.11. The van der Waals surface area contributed by atoms with E-state index in [1.807, 2.05) is 6.20 Å². The van der Waals surface area contributed by atoms with Crippen LogP contribution in [0.15, 0.2) is 6.20 Å². The maximum absolute atomic E-state index is 9.71. The topological polar surface area (TPSA) is 45.2 Å². The van der Waals surface area contributed by atoms with Crippen LogP contribution in [0.1, 0.15) is 42.1 Å². The molecule has 0 radical (unpaired) electrons. The smallest absolute Gasteiger partial charge is 0.109 e. The van der Waals surface area contributed by atoms with Crippen LogP contribution in [-0.4, -0.2) is 22.2 Å². The minimum Gasteiger partial charge on any atom is -0.392 e. The first kappa shape index (κ1) is 11.0. The minimum absolute atomic E-state index is 0.173. The van der Waals surface area contributed by atoms with E-state index in [1.165, 1.54) is 4.88 Å². The van der Waals surface area contributed by atoms with E-state index in [0.717, 1.165) is 24.3 Å². The molecule has 4 heteroatoms. The molecule has 1 aliphatic rings. The molecule has 1 aliphatic carbocycles. The Hall–Kier alpha value is -0.450. The number of aryl methyl sites for hydroxylation is 1. The predicted octanol–water partition coefficient (Wildman–Crippen LogP) is 2.02. The average Bonchev–Trinajstić information content (AvgIpc) is 2.77. The summed E-state index contributed by atoms with van der Waals surface area (Å²) >= 11 is 1.73. The van der Waals surface area contributed by atoms with Crippen LogP contribution in [0.25, 0.3) is 0 Å². The summed E-state index contributed by atoms with van der Waals surface area (Å²) in [6.45, 7) is 4.18. The molecule has 0 saturated heterocycles. The van der Waals surface area contributed by atoms with Crippen LogP contribution in [-0.2, 0) is 0 Å². The molecule has 0 aromatic carbocycles. The van der Waals surface area contributed by atoms with E-state index in [4.69, 9.17) is 0 Å². The van der Waals surface area contributed by atoms with Gasteiger partial charge in [0.15, 0.2) is 0 Å². The van der Waals surface area contributed by atoms with E-state index < -0.39 is 0 Å². The lowest BCUT2D eigenvalue weighted by Gasteiger charge is -2.20. The number of nitrogens with one attached hydrogen (secondary N) is 1. The molecule has 1 fully saturated rings. The van der Waals surface area contributed by atoms with Gasteiger partial charge in [0.1, 0.15) is 5.01 Å². The van der Waals surface area contributed by atoms with E-state index in [9.17, 15) is 5.11 Å². The van der Waals surface area contributed by atoms with Crippen molar-refractivity contribution in [1.29, 1.82) is 0 Å². The fraction of sp³-hybridized carbons (Fsp3) is 0.727. The molecule has 0 aliphatic heterocycles. The van der Waals surface area contributed by atoms with Crippen LogP contribution < -0.4 is 5.32 Å². The van der Waals surface area contributed by atoms with Gasteiger partial charge in [-0.05, 0) is 33.1 Å². The highest BCUT2D eigenvalue weighted by atomic mass is 32.1. The maximum atomic E-state index is 9.71. The zero-order valence-corrected chi connectivity index (χ0v) is 10.0. The standard InChI is InChI=1S/C11H18N2OS/c1-7-6-12-11(15-7)8(2)13-9-4-3-5-10(9)14/h6,8-10,13-14H,3-5H2,1-2H3/t8?,9-,10-/m1/s1. The molecule has 0 spiro atoms. The van der Waals surface area contributed by atoms with E-state index in [2.05, 4.69) is 24.1 Å². The van der Waals surface area contributed by atoms with E-state index in [1.54, 1.807) is 11.3 Å². The minimum atomic E-state index is -0.173. The summed E-state index contributed by atoms with van der Waals surface area (Å²) < 4.78 is 0. The quantitative estimate of drug-likeness (QED) is 0.829.